The lowest BCUT2D eigenvalue weighted by atomic mass is 10.1. The highest BCUT2D eigenvalue weighted by Crippen LogP contribution is 2.40. The van der Waals surface area contributed by atoms with Crippen LogP contribution in [0.3, 0.4) is 0 Å². The molecule has 4 heterocycles. The molecule has 2 saturated heterocycles. The molecule has 2 fully saturated rings. The van der Waals surface area contributed by atoms with Crippen molar-refractivity contribution in [3.05, 3.63) is 119 Å². The minimum Gasteiger partial charge on any atom is -0.491 e. The second-order valence-electron chi connectivity index (χ2n) is 11.8. The number of piperazine rings is 1. The fraction of sp³-hybridized carbons (Fsp3) is 0.314. The average Bonchev–Trinajstić information content (AvgIpc) is 3.75. The zero-order chi connectivity index (χ0) is 32.2. The normalized spacial score (nSPS) is 20.1. The lowest BCUT2D eigenvalue weighted by molar-refractivity contribution is -0.190. The van der Waals surface area contributed by atoms with E-state index in [0.717, 1.165) is 55.6 Å². The molecule has 5 aromatic rings. The summed E-state index contributed by atoms with van der Waals surface area (Å²) >= 11 is 12.7. The first-order chi connectivity index (χ1) is 22.9. The molecule has 0 radical (unpaired) electrons. The Kier molecular flexibility index (Phi) is 9.37. The van der Waals surface area contributed by atoms with Crippen LogP contribution in [0.1, 0.15) is 16.8 Å². The zero-order valence-corrected chi connectivity index (χ0v) is 27.5. The van der Waals surface area contributed by atoms with E-state index in [1.807, 2.05) is 31.2 Å². The van der Waals surface area contributed by atoms with Crippen molar-refractivity contribution in [3.63, 3.8) is 0 Å². The van der Waals surface area contributed by atoms with Crippen LogP contribution in [0.5, 0.6) is 5.75 Å². The summed E-state index contributed by atoms with van der Waals surface area (Å²) in [6, 6.07) is 24.0. The molecule has 0 unspecified atom stereocenters. The van der Waals surface area contributed by atoms with Gasteiger partial charge in [0, 0.05) is 66.5 Å². The molecule has 2 aliphatic rings. The third-order valence-corrected chi connectivity index (χ3v) is 9.01. The molecule has 0 spiro atoms. The lowest BCUT2D eigenvalue weighted by Gasteiger charge is -2.36. The number of halogens is 2. The predicted molar refractivity (Wildman–Crippen MR) is 181 cm³/mol. The predicted octanol–water partition coefficient (Wildman–Crippen LogP) is 6.02. The van der Waals surface area contributed by atoms with E-state index in [1.165, 1.54) is 17.6 Å². The third-order valence-electron chi connectivity index (χ3n) is 8.46. The van der Waals surface area contributed by atoms with Crippen molar-refractivity contribution < 1.29 is 14.2 Å². The maximum atomic E-state index is 6.58. The summed E-state index contributed by atoms with van der Waals surface area (Å²) in [6.07, 6.45) is 4.58. The summed E-state index contributed by atoms with van der Waals surface area (Å²) in [5, 5.41) is 5.23. The van der Waals surface area contributed by atoms with Gasteiger partial charge in [0.25, 0.3) is 0 Å². The van der Waals surface area contributed by atoms with Gasteiger partial charge in [-0.15, -0.1) is 0 Å². The molecule has 10 nitrogen and oxygen atoms in total. The topological polar surface area (TPSA) is 90.7 Å². The van der Waals surface area contributed by atoms with Crippen molar-refractivity contribution >= 4 is 28.9 Å². The Balaban J connectivity index is 0.905. The van der Waals surface area contributed by atoms with E-state index < -0.39 is 5.79 Å². The molecule has 0 N–H and O–H groups in total. The molecule has 0 aliphatic carbocycles. The summed E-state index contributed by atoms with van der Waals surface area (Å²) in [7, 11) is 0. The molecular formula is C35H35Cl2N7O3. The molecule has 2 aliphatic heterocycles. The Bertz CT molecular complexity index is 1780. The zero-order valence-electron chi connectivity index (χ0n) is 26.0. The molecule has 0 amide bonds. The fourth-order valence-electron chi connectivity index (χ4n) is 5.99. The second-order valence-corrected chi connectivity index (χ2v) is 12.7. The van der Waals surface area contributed by atoms with Crippen LogP contribution in [-0.4, -0.2) is 75.1 Å². The van der Waals surface area contributed by atoms with Crippen LogP contribution in [-0.2, 0) is 28.4 Å². The van der Waals surface area contributed by atoms with Crippen LogP contribution in [0.2, 0.25) is 10.0 Å². The summed E-state index contributed by atoms with van der Waals surface area (Å²) in [5.74, 6) is 0.395. The fourth-order valence-corrected chi connectivity index (χ4v) is 6.55. The van der Waals surface area contributed by atoms with Crippen LogP contribution < -0.4 is 9.64 Å². The quantitative estimate of drug-likeness (QED) is 0.177. The van der Waals surface area contributed by atoms with E-state index in [1.54, 1.807) is 29.3 Å². The molecule has 242 valence electrons. The monoisotopic (exact) mass is 671 g/mol. The molecule has 0 saturated carbocycles. The highest BCUT2D eigenvalue weighted by Gasteiger charge is 2.45. The van der Waals surface area contributed by atoms with Crippen molar-refractivity contribution in [2.75, 3.05) is 44.3 Å². The number of aromatic nitrogens is 5. The van der Waals surface area contributed by atoms with Crippen LogP contribution >= 0.6 is 23.2 Å². The Labute approximate surface area is 283 Å². The minimum absolute atomic E-state index is 0.280. The van der Waals surface area contributed by atoms with E-state index in [-0.39, 0.29) is 12.6 Å². The summed E-state index contributed by atoms with van der Waals surface area (Å²) in [5.41, 5.74) is 5.16. The van der Waals surface area contributed by atoms with Gasteiger partial charge in [-0.25, -0.2) is 19.6 Å². The van der Waals surface area contributed by atoms with Crippen LogP contribution in [0.4, 0.5) is 5.69 Å². The molecule has 0 bridgehead atoms. The van der Waals surface area contributed by atoms with E-state index in [4.69, 9.17) is 37.4 Å². The standard InChI is InChI=1S/C35H35Cl2N7O3/c1-25-12-13-39-34(41-25)27-4-2-26(3-5-27)19-42-14-16-43(17-15-42)29-7-9-30(10-8-29)45-20-31-21-46-35(47-31,22-44-24-38-23-40-44)32-11-6-28(36)18-33(32)37/h2-13,18,23-24,31H,14-17,19-22H2,1H3/t31-,35-/m1/s1. The van der Waals surface area contributed by atoms with Crippen LogP contribution in [0, 0.1) is 6.92 Å². The van der Waals surface area contributed by atoms with E-state index in [9.17, 15) is 0 Å². The van der Waals surface area contributed by atoms with Crippen LogP contribution in [0.25, 0.3) is 11.4 Å². The maximum Gasteiger partial charge on any atom is 0.217 e. The van der Waals surface area contributed by atoms with Gasteiger partial charge >= 0.3 is 0 Å². The summed E-state index contributed by atoms with van der Waals surface area (Å²) in [6.45, 7) is 7.76. The van der Waals surface area contributed by atoms with E-state index >= 15 is 0 Å². The number of ether oxygens (including phenoxy) is 3. The number of hydrogen-bond acceptors (Lipinski definition) is 9. The number of aryl methyl sites for hydroxylation is 1. The molecule has 12 heteroatoms. The Hall–Kier alpha value is -4.06. The molecule has 47 heavy (non-hydrogen) atoms. The molecule has 2 atom stereocenters. The Morgan fingerprint density at radius 3 is 2.49 bits per heavy atom. The number of benzene rings is 3. The van der Waals surface area contributed by atoms with E-state index in [0.29, 0.717) is 28.8 Å². The van der Waals surface area contributed by atoms with Gasteiger partial charge in [-0.3, -0.25) is 4.90 Å². The van der Waals surface area contributed by atoms with Gasteiger partial charge in [0.1, 0.15) is 37.7 Å². The van der Waals surface area contributed by atoms with Gasteiger partial charge in [-0.2, -0.15) is 5.10 Å². The number of hydrogen-bond donors (Lipinski definition) is 0. The Morgan fingerprint density at radius 2 is 1.77 bits per heavy atom. The first-order valence-electron chi connectivity index (χ1n) is 15.6. The maximum absolute atomic E-state index is 6.58. The molecule has 7 rings (SSSR count). The van der Waals surface area contributed by atoms with Crippen molar-refractivity contribution in [1.29, 1.82) is 0 Å². The number of rotatable bonds is 10. The molecule has 3 aromatic carbocycles. The van der Waals surface area contributed by atoms with Gasteiger partial charge in [0.05, 0.1) is 11.6 Å². The van der Waals surface area contributed by atoms with Gasteiger partial charge in [0.15, 0.2) is 5.82 Å². The van der Waals surface area contributed by atoms with Crippen molar-refractivity contribution in [2.24, 2.45) is 0 Å². The van der Waals surface area contributed by atoms with Gasteiger partial charge < -0.3 is 19.1 Å². The lowest BCUT2D eigenvalue weighted by Crippen LogP contribution is -2.45. The molecule has 2 aromatic heterocycles. The van der Waals surface area contributed by atoms with Crippen molar-refractivity contribution in [3.8, 4) is 17.1 Å². The minimum atomic E-state index is -1.14. The first kappa shape index (κ1) is 31.5. The van der Waals surface area contributed by atoms with Gasteiger partial charge in [0.2, 0.25) is 5.79 Å². The van der Waals surface area contributed by atoms with E-state index in [2.05, 4.69) is 66.2 Å². The van der Waals surface area contributed by atoms with Gasteiger partial charge in [-0.1, -0.05) is 53.5 Å². The summed E-state index contributed by atoms with van der Waals surface area (Å²) < 4.78 is 20.5. The van der Waals surface area contributed by atoms with Crippen molar-refractivity contribution in [1.82, 2.24) is 29.6 Å². The Morgan fingerprint density at radius 1 is 0.957 bits per heavy atom. The SMILES string of the molecule is Cc1ccnc(-c2ccc(CN3CCN(c4ccc(OC[C@@H]5CO[C@@](Cn6cncn6)(c6ccc(Cl)cc6Cl)O5)cc4)CC3)cc2)n1. The largest absolute Gasteiger partial charge is 0.491 e. The van der Waals surface area contributed by atoms with Crippen LogP contribution in [0.15, 0.2) is 91.6 Å². The third kappa shape index (κ3) is 7.42. The smallest absolute Gasteiger partial charge is 0.217 e. The summed E-state index contributed by atoms with van der Waals surface area (Å²) in [4.78, 5) is 17.9. The van der Waals surface area contributed by atoms with Gasteiger partial charge in [-0.05, 0) is 55.0 Å². The highest BCUT2D eigenvalue weighted by molar-refractivity contribution is 6.35. The average molecular weight is 673 g/mol. The number of nitrogens with zero attached hydrogens (tertiary/aromatic N) is 7. The highest BCUT2D eigenvalue weighted by atomic mass is 35.5. The second kappa shape index (κ2) is 14.0. The molecular weight excluding hydrogens is 637 g/mol. The van der Waals surface area contributed by atoms with Crippen molar-refractivity contribution in [2.45, 2.75) is 31.9 Å². The number of anilines is 1. The first-order valence-corrected chi connectivity index (χ1v) is 16.4.